The zero-order valence-corrected chi connectivity index (χ0v) is 19.6. The van der Waals surface area contributed by atoms with E-state index < -0.39 is 10.0 Å². The average molecular weight is 475 g/mol. The van der Waals surface area contributed by atoms with E-state index in [-0.39, 0.29) is 15.9 Å². The quantitative estimate of drug-likeness (QED) is 0.490. The smallest absolute Gasteiger partial charge is 0.250 e. The maximum atomic E-state index is 12.8. The molecule has 1 fully saturated rings. The van der Waals surface area contributed by atoms with Crippen LogP contribution < -0.4 is 15.4 Å². The van der Waals surface area contributed by atoms with Crippen molar-refractivity contribution in [3.05, 3.63) is 60.2 Å². The third-order valence-electron chi connectivity index (χ3n) is 4.99. The maximum absolute atomic E-state index is 12.8. The van der Waals surface area contributed by atoms with Gasteiger partial charge in [0.05, 0.1) is 12.0 Å². The number of methoxy groups -OCH3 is 1. The summed E-state index contributed by atoms with van der Waals surface area (Å²) < 4.78 is 32.2. The topological polar surface area (TPSA) is 91.0 Å². The Kier molecular flexibility index (Phi) is 7.97. The van der Waals surface area contributed by atoms with Crippen LogP contribution in [0.25, 0.3) is 6.08 Å². The fourth-order valence-corrected chi connectivity index (χ4v) is 4.73. The second kappa shape index (κ2) is 10.7. The van der Waals surface area contributed by atoms with Gasteiger partial charge in [-0.1, -0.05) is 12.1 Å². The molecule has 1 aliphatic rings. The molecule has 1 aliphatic heterocycles. The molecule has 1 saturated heterocycles. The van der Waals surface area contributed by atoms with Crippen molar-refractivity contribution in [1.82, 2.24) is 14.5 Å². The van der Waals surface area contributed by atoms with Gasteiger partial charge >= 0.3 is 0 Å². The number of piperazine rings is 1. The molecule has 2 aromatic rings. The van der Waals surface area contributed by atoms with Gasteiger partial charge in [-0.15, -0.1) is 0 Å². The highest BCUT2D eigenvalue weighted by molar-refractivity contribution is 7.89. The van der Waals surface area contributed by atoms with E-state index in [1.807, 2.05) is 19.2 Å². The summed E-state index contributed by atoms with van der Waals surface area (Å²) >= 11 is 5.17. The third-order valence-corrected chi connectivity index (χ3v) is 7.11. The first-order valence-electron chi connectivity index (χ1n) is 10.0. The molecular weight excluding hydrogens is 448 g/mol. The molecule has 0 bridgehead atoms. The fourth-order valence-electron chi connectivity index (χ4n) is 3.09. The van der Waals surface area contributed by atoms with E-state index >= 15 is 0 Å². The van der Waals surface area contributed by atoms with E-state index in [2.05, 4.69) is 15.5 Å². The summed E-state index contributed by atoms with van der Waals surface area (Å²) in [4.78, 5) is 14.4. The molecule has 0 spiro atoms. The Balaban J connectivity index is 1.53. The Labute approximate surface area is 193 Å². The van der Waals surface area contributed by atoms with Gasteiger partial charge in [-0.3, -0.25) is 10.1 Å². The van der Waals surface area contributed by atoms with Gasteiger partial charge in [-0.05, 0) is 67.3 Å². The van der Waals surface area contributed by atoms with Crippen LogP contribution in [0.4, 0.5) is 5.69 Å². The van der Waals surface area contributed by atoms with Crippen LogP contribution in [0, 0.1) is 0 Å². The van der Waals surface area contributed by atoms with E-state index in [0.29, 0.717) is 31.9 Å². The third kappa shape index (κ3) is 6.36. The van der Waals surface area contributed by atoms with Crippen molar-refractivity contribution in [3.8, 4) is 5.75 Å². The molecule has 0 saturated carbocycles. The van der Waals surface area contributed by atoms with Crippen molar-refractivity contribution in [1.29, 1.82) is 0 Å². The Morgan fingerprint density at radius 3 is 2.25 bits per heavy atom. The number of rotatable bonds is 6. The summed E-state index contributed by atoms with van der Waals surface area (Å²) in [7, 11) is 0.0341. The Morgan fingerprint density at radius 1 is 1.03 bits per heavy atom. The molecule has 10 heteroatoms. The lowest BCUT2D eigenvalue weighted by Crippen LogP contribution is -2.46. The molecule has 2 aromatic carbocycles. The van der Waals surface area contributed by atoms with Crippen LogP contribution in [-0.2, 0) is 14.8 Å². The zero-order valence-electron chi connectivity index (χ0n) is 17.9. The Morgan fingerprint density at radius 2 is 1.66 bits per heavy atom. The van der Waals surface area contributed by atoms with E-state index in [1.54, 1.807) is 37.5 Å². The first kappa shape index (κ1) is 23.9. The second-order valence-corrected chi connectivity index (χ2v) is 9.63. The number of nitrogens with one attached hydrogen (secondary N) is 2. The summed E-state index contributed by atoms with van der Waals surface area (Å²) in [6, 6.07) is 13.6. The van der Waals surface area contributed by atoms with E-state index in [9.17, 15) is 13.2 Å². The summed E-state index contributed by atoms with van der Waals surface area (Å²) in [5, 5.41) is 5.56. The highest BCUT2D eigenvalue weighted by atomic mass is 32.2. The molecule has 1 amide bonds. The molecule has 0 radical (unpaired) electrons. The highest BCUT2D eigenvalue weighted by Crippen LogP contribution is 2.19. The fraction of sp³-hybridized carbons (Fsp3) is 0.273. The molecule has 0 unspecified atom stereocenters. The number of benzene rings is 2. The monoisotopic (exact) mass is 474 g/mol. The predicted octanol–water partition coefficient (Wildman–Crippen LogP) is 2.16. The number of hydrogen-bond donors (Lipinski definition) is 2. The van der Waals surface area contributed by atoms with Crippen LogP contribution in [0.2, 0.25) is 0 Å². The SMILES string of the molecule is COc1ccc(/C=C/C(=O)NC(=S)Nc2ccc(S(=O)(=O)N3CCN(C)CC3)cc2)cc1. The lowest BCUT2D eigenvalue weighted by Gasteiger charge is -2.31. The van der Waals surface area contributed by atoms with E-state index in [0.717, 1.165) is 11.3 Å². The van der Waals surface area contributed by atoms with Crippen molar-refractivity contribution >= 4 is 45.0 Å². The number of ether oxygens (including phenoxy) is 1. The molecule has 8 nitrogen and oxygen atoms in total. The molecule has 2 N–H and O–H groups in total. The Hall–Kier alpha value is -2.79. The number of hydrogen-bond acceptors (Lipinski definition) is 6. The molecule has 0 atom stereocenters. The molecule has 1 heterocycles. The van der Waals surface area contributed by atoms with Crippen molar-refractivity contribution < 1.29 is 17.9 Å². The lowest BCUT2D eigenvalue weighted by atomic mass is 10.2. The predicted molar refractivity (Wildman–Crippen MR) is 129 cm³/mol. The van der Waals surface area contributed by atoms with E-state index in [4.69, 9.17) is 17.0 Å². The number of carbonyl (C=O) groups is 1. The lowest BCUT2D eigenvalue weighted by molar-refractivity contribution is -0.115. The van der Waals surface area contributed by atoms with Crippen molar-refractivity contribution in [3.63, 3.8) is 0 Å². The van der Waals surface area contributed by atoms with Crippen molar-refractivity contribution in [2.24, 2.45) is 0 Å². The van der Waals surface area contributed by atoms with Gasteiger partial charge in [-0.2, -0.15) is 4.31 Å². The molecular formula is C22H26N4O4S2. The minimum Gasteiger partial charge on any atom is -0.497 e. The normalized spacial score (nSPS) is 15.4. The standard InChI is InChI=1S/C22H26N4O4S2/c1-25-13-15-26(16-14-25)32(28,29)20-10-6-18(7-11-20)23-22(31)24-21(27)12-5-17-3-8-19(30-2)9-4-17/h3-12H,13-16H2,1-2H3,(H2,23,24,27,31)/b12-5+. The maximum Gasteiger partial charge on any atom is 0.250 e. The van der Waals surface area contributed by atoms with Crippen molar-refractivity contribution in [2.75, 3.05) is 45.7 Å². The first-order chi connectivity index (χ1) is 15.3. The molecule has 0 aliphatic carbocycles. The van der Waals surface area contributed by atoms with Crippen LogP contribution in [0.1, 0.15) is 5.56 Å². The zero-order chi connectivity index (χ0) is 23.1. The van der Waals surface area contributed by atoms with Crippen LogP contribution in [0.3, 0.4) is 0 Å². The summed E-state index contributed by atoms with van der Waals surface area (Å²) in [6.07, 6.45) is 3.04. The van der Waals surface area contributed by atoms with Gasteiger partial charge in [0.2, 0.25) is 15.9 Å². The molecule has 32 heavy (non-hydrogen) atoms. The summed E-state index contributed by atoms with van der Waals surface area (Å²) in [6.45, 7) is 2.36. The van der Waals surface area contributed by atoms with Crippen LogP contribution in [-0.4, -0.2) is 69.0 Å². The number of sulfonamides is 1. The number of thiocarbonyl (C=S) groups is 1. The van der Waals surface area contributed by atoms with Gasteiger partial charge in [0.15, 0.2) is 5.11 Å². The summed E-state index contributed by atoms with van der Waals surface area (Å²) in [5.41, 5.74) is 1.42. The van der Waals surface area contributed by atoms with Gasteiger partial charge in [-0.25, -0.2) is 8.42 Å². The summed E-state index contributed by atoms with van der Waals surface area (Å²) in [5.74, 6) is 0.354. The number of anilines is 1. The average Bonchev–Trinajstić information content (AvgIpc) is 2.78. The largest absolute Gasteiger partial charge is 0.497 e. The van der Waals surface area contributed by atoms with Crippen molar-refractivity contribution in [2.45, 2.75) is 4.90 Å². The molecule has 170 valence electrons. The van der Waals surface area contributed by atoms with Gasteiger partial charge in [0.1, 0.15) is 5.75 Å². The minimum atomic E-state index is -3.53. The second-order valence-electron chi connectivity index (χ2n) is 7.28. The highest BCUT2D eigenvalue weighted by Gasteiger charge is 2.27. The van der Waals surface area contributed by atoms with Crippen LogP contribution >= 0.6 is 12.2 Å². The number of likely N-dealkylation sites (N-methyl/N-ethyl adjacent to an activating group) is 1. The van der Waals surface area contributed by atoms with Crippen LogP contribution in [0.5, 0.6) is 5.75 Å². The number of nitrogens with zero attached hydrogens (tertiary/aromatic N) is 2. The molecule has 3 rings (SSSR count). The molecule has 0 aromatic heterocycles. The number of amides is 1. The van der Waals surface area contributed by atoms with E-state index in [1.165, 1.54) is 22.5 Å². The van der Waals surface area contributed by atoms with Gasteiger partial charge in [0, 0.05) is 37.9 Å². The first-order valence-corrected chi connectivity index (χ1v) is 11.9. The van der Waals surface area contributed by atoms with Gasteiger partial charge < -0.3 is 15.0 Å². The number of carbonyl (C=O) groups excluding carboxylic acids is 1. The van der Waals surface area contributed by atoms with Gasteiger partial charge in [0.25, 0.3) is 0 Å². The minimum absolute atomic E-state index is 0.115. The Bertz CT molecular complexity index is 1080. The van der Waals surface area contributed by atoms with Crippen LogP contribution in [0.15, 0.2) is 59.5 Å².